The SMILES string of the molecule is Cc1c(Cc2ccccc2)c(=O)oc2c3c(c(Cl)cc12)OC[NH+](Cc1ccco1)C3. The van der Waals surface area contributed by atoms with Crippen LogP contribution >= 0.6 is 11.6 Å². The molecule has 6 heteroatoms. The van der Waals surface area contributed by atoms with E-state index >= 15 is 0 Å². The predicted octanol–water partition coefficient (Wildman–Crippen LogP) is 3.87. The largest absolute Gasteiger partial charge is 0.463 e. The maximum atomic E-state index is 12.9. The molecule has 1 aliphatic heterocycles. The Hall–Kier alpha value is -3.02. The first-order chi connectivity index (χ1) is 14.6. The van der Waals surface area contributed by atoms with Crippen molar-refractivity contribution in [2.75, 3.05) is 6.73 Å². The van der Waals surface area contributed by atoms with Gasteiger partial charge in [0.15, 0.2) is 17.1 Å². The summed E-state index contributed by atoms with van der Waals surface area (Å²) in [5, 5.41) is 1.39. The van der Waals surface area contributed by atoms with Gasteiger partial charge in [-0.2, -0.15) is 0 Å². The molecule has 1 N–H and O–H groups in total. The van der Waals surface area contributed by atoms with Crippen LogP contribution in [0, 0.1) is 6.92 Å². The van der Waals surface area contributed by atoms with Gasteiger partial charge < -0.3 is 13.6 Å². The van der Waals surface area contributed by atoms with Gasteiger partial charge in [-0.05, 0) is 36.2 Å². The van der Waals surface area contributed by atoms with E-state index in [4.69, 9.17) is 25.2 Å². The van der Waals surface area contributed by atoms with E-state index in [1.165, 1.54) is 0 Å². The number of nitrogens with one attached hydrogen (secondary N) is 1. The minimum atomic E-state index is -0.313. The molecule has 0 fully saturated rings. The van der Waals surface area contributed by atoms with Crippen LogP contribution in [0.3, 0.4) is 0 Å². The normalized spacial score (nSPS) is 15.7. The monoisotopic (exact) mass is 422 g/mol. The Balaban J connectivity index is 1.58. The highest BCUT2D eigenvalue weighted by Gasteiger charge is 2.28. The van der Waals surface area contributed by atoms with Crippen molar-refractivity contribution < 1.29 is 18.5 Å². The van der Waals surface area contributed by atoms with Crippen molar-refractivity contribution in [2.24, 2.45) is 0 Å². The Morgan fingerprint density at radius 3 is 2.73 bits per heavy atom. The Morgan fingerprint density at radius 1 is 1.13 bits per heavy atom. The highest BCUT2D eigenvalue weighted by Crippen LogP contribution is 2.37. The first-order valence-corrected chi connectivity index (χ1v) is 10.3. The summed E-state index contributed by atoms with van der Waals surface area (Å²) in [6, 6.07) is 15.6. The minimum absolute atomic E-state index is 0.313. The Labute approximate surface area is 178 Å². The zero-order valence-electron chi connectivity index (χ0n) is 16.5. The maximum absolute atomic E-state index is 12.9. The molecule has 30 heavy (non-hydrogen) atoms. The van der Waals surface area contributed by atoms with Crippen LogP contribution in [0.4, 0.5) is 0 Å². The summed E-state index contributed by atoms with van der Waals surface area (Å²) in [5.74, 6) is 1.48. The predicted molar refractivity (Wildman–Crippen MR) is 114 cm³/mol. The summed E-state index contributed by atoms with van der Waals surface area (Å²) in [7, 11) is 0. The number of rotatable bonds is 4. The van der Waals surface area contributed by atoms with Gasteiger partial charge in [0.25, 0.3) is 0 Å². The van der Waals surface area contributed by atoms with E-state index in [9.17, 15) is 4.79 Å². The van der Waals surface area contributed by atoms with Gasteiger partial charge in [-0.3, -0.25) is 4.90 Å². The van der Waals surface area contributed by atoms with E-state index in [1.807, 2.05) is 55.5 Å². The van der Waals surface area contributed by atoms with Gasteiger partial charge in [0, 0.05) is 17.4 Å². The number of aryl methyl sites for hydroxylation is 1. The highest BCUT2D eigenvalue weighted by molar-refractivity contribution is 6.33. The molecule has 0 spiro atoms. The molecule has 0 bridgehead atoms. The molecule has 3 heterocycles. The quantitative estimate of drug-likeness (QED) is 0.507. The lowest BCUT2D eigenvalue weighted by atomic mass is 9.97. The van der Waals surface area contributed by atoms with Crippen molar-refractivity contribution in [1.82, 2.24) is 0 Å². The molecule has 1 aliphatic rings. The lowest BCUT2D eigenvalue weighted by Gasteiger charge is -2.27. The van der Waals surface area contributed by atoms with Crippen LogP contribution in [0.25, 0.3) is 11.0 Å². The van der Waals surface area contributed by atoms with Crippen LogP contribution in [-0.2, 0) is 19.5 Å². The molecule has 1 unspecified atom stereocenters. The number of furan rings is 1. The minimum Gasteiger partial charge on any atom is -0.463 e. The molecule has 0 radical (unpaired) electrons. The van der Waals surface area contributed by atoms with Gasteiger partial charge in [-0.1, -0.05) is 41.9 Å². The lowest BCUT2D eigenvalue weighted by molar-refractivity contribution is -0.946. The van der Waals surface area contributed by atoms with Gasteiger partial charge in [0.05, 0.1) is 16.8 Å². The maximum Gasteiger partial charge on any atom is 0.340 e. The number of hydrogen-bond acceptors (Lipinski definition) is 4. The van der Waals surface area contributed by atoms with Gasteiger partial charge in [0.2, 0.25) is 6.73 Å². The van der Waals surface area contributed by atoms with Crippen molar-refractivity contribution in [3.63, 3.8) is 0 Å². The summed E-state index contributed by atoms with van der Waals surface area (Å²) >= 11 is 6.56. The van der Waals surface area contributed by atoms with Crippen LogP contribution in [-0.4, -0.2) is 6.73 Å². The number of fused-ring (bicyclic) bond motifs is 3. The summed E-state index contributed by atoms with van der Waals surface area (Å²) in [6.07, 6.45) is 2.18. The second-order valence-electron chi connectivity index (χ2n) is 7.67. The molecular weight excluding hydrogens is 402 g/mol. The topological polar surface area (TPSA) is 57.0 Å². The van der Waals surface area contributed by atoms with Crippen LogP contribution in [0.5, 0.6) is 5.75 Å². The van der Waals surface area contributed by atoms with Crippen LogP contribution in [0.2, 0.25) is 5.02 Å². The third-order valence-corrected chi connectivity index (χ3v) is 5.93. The van der Waals surface area contributed by atoms with E-state index < -0.39 is 0 Å². The van der Waals surface area contributed by atoms with Crippen molar-refractivity contribution in [3.8, 4) is 5.75 Å². The molecule has 5 nitrogen and oxygen atoms in total. The first-order valence-electron chi connectivity index (χ1n) is 9.90. The van der Waals surface area contributed by atoms with Crippen molar-refractivity contribution in [2.45, 2.75) is 26.4 Å². The average molecular weight is 423 g/mol. The van der Waals surface area contributed by atoms with Crippen LogP contribution in [0.15, 0.2) is 68.4 Å². The number of halogens is 1. The molecule has 152 valence electrons. The molecular formula is C24H21ClNO4+. The fourth-order valence-corrected chi connectivity index (χ4v) is 4.38. The lowest BCUT2D eigenvalue weighted by Crippen LogP contribution is -3.10. The van der Waals surface area contributed by atoms with E-state index in [-0.39, 0.29) is 5.63 Å². The number of ether oxygens (including phenoxy) is 1. The molecule has 0 amide bonds. The van der Waals surface area contributed by atoms with Gasteiger partial charge in [-0.15, -0.1) is 0 Å². The third kappa shape index (κ3) is 3.40. The number of benzene rings is 2. The average Bonchev–Trinajstić information content (AvgIpc) is 3.26. The molecule has 2 aromatic heterocycles. The summed E-state index contributed by atoms with van der Waals surface area (Å²) in [6.45, 7) is 3.73. The highest BCUT2D eigenvalue weighted by atomic mass is 35.5. The summed E-state index contributed by atoms with van der Waals surface area (Å²) in [5.41, 5.74) is 3.69. The molecule has 5 rings (SSSR count). The molecule has 0 saturated heterocycles. The second kappa shape index (κ2) is 7.67. The second-order valence-corrected chi connectivity index (χ2v) is 8.08. The van der Waals surface area contributed by atoms with Crippen molar-refractivity contribution in [3.05, 3.63) is 98.3 Å². The molecule has 2 aromatic carbocycles. The molecule has 4 aromatic rings. The van der Waals surface area contributed by atoms with E-state index in [1.54, 1.807) is 6.26 Å². The van der Waals surface area contributed by atoms with Crippen LogP contribution < -0.4 is 15.3 Å². The smallest absolute Gasteiger partial charge is 0.340 e. The standard InChI is InChI=1S/C24H20ClNO4/c1-15-18-11-21(25)23-20(13-26(14-29-23)12-17-8-5-9-28-17)22(18)30-24(27)19(15)10-16-6-3-2-4-7-16/h2-9,11H,10,12-14H2,1H3/p+1. The Bertz CT molecular complexity index is 1260. The first kappa shape index (κ1) is 19.0. The Morgan fingerprint density at radius 2 is 1.97 bits per heavy atom. The van der Waals surface area contributed by atoms with E-state index in [0.717, 1.165) is 32.7 Å². The van der Waals surface area contributed by atoms with Gasteiger partial charge in [-0.25, -0.2) is 4.79 Å². The Kier molecular flexibility index (Phi) is 4.85. The van der Waals surface area contributed by atoms with Crippen molar-refractivity contribution in [1.29, 1.82) is 0 Å². The van der Waals surface area contributed by atoms with Gasteiger partial charge >= 0.3 is 5.63 Å². The zero-order valence-corrected chi connectivity index (χ0v) is 17.3. The van der Waals surface area contributed by atoms with Gasteiger partial charge in [0.1, 0.15) is 13.1 Å². The third-order valence-electron chi connectivity index (χ3n) is 5.65. The summed E-state index contributed by atoms with van der Waals surface area (Å²) < 4.78 is 17.3. The van der Waals surface area contributed by atoms with Crippen molar-refractivity contribution >= 4 is 22.6 Å². The number of hydrogen-bond donors (Lipinski definition) is 1. The molecule has 1 atom stereocenters. The fraction of sp³-hybridized carbons (Fsp3) is 0.208. The van der Waals surface area contributed by atoms with Crippen LogP contribution in [0.1, 0.15) is 28.0 Å². The van der Waals surface area contributed by atoms with E-state index in [0.29, 0.717) is 48.2 Å². The zero-order chi connectivity index (χ0) is 20.7. The fourth-order valence-electron chi connectivity index (χ4n) is 4.10. The number of quaternary nitrogens is 1. The summed E-state index contributed by atoms with van der Waals surface area (Å²) in [4.78, 5) is 14.1. The molecule has 0 aliphatic carbocycles. The van der Waals surface area contributed by atoms with E-state index in [2.05, 4.69) is 0 Å². The molecule has 0 saturated carbocycles.